The van der Waals surface area contributed by atoms with Gasteiger partial charge in [-0.05, 0) is 50.2 Å². The van der Waals surface area contributed by atoms with Crippen LogP contribution in [-0.4, -0.2) is 45.9 Å². The zero-order valence-electron chi connectivity index (χ0n) is 12.9. The molecular formula is C16H23FN2O3. The fourth-order valence-corrected chi connectivity index (χ4v) is 2.65. The van der Waals surface area contributed by atoms with Crippen molar-refractivity contribution in [3.05, 3.63) is 30.1 Å². The molecular weight excluding hydrogens is 287 g/mol. The van der Waals surface area contributed by atoms with E-state index in [1.54, 1.807) is 7.11 Å². The van der Waals surface area contributed by atoms with Gasteiger partial charge >= 0.3 is 0 Å². The second-order valence-corrected chi connectivity index (χ2v) is 5.70. The first-order valence-electron chi connectivity index (χ1n) is 7.48. The Morgan fingerprint density at radius 1 is 1.32 bits per heavy atom. The van der Waals surface area contributed by atoms with E-state index in [0.717, 1.165) is 25.9 Å². The van der Waals surface area contributed by atoms with Gasteiger partial charge in [-0.15, -0.1) is 0 Å². The quantitative estimate of drug-likeness (QED) is 0.798. The molecule has 2 rings (SSSR count). The third kappa shape index (κ3) is 4.96. The summed E-state index contributed by atoms with van der Waals surface area (Å²) < 4.78 is 23.4. The minimum absolute atomic E-state index is 0.00840. The Morgan fingerprint density at radius 2 is 2.00 bits per heavy atom. The molecule has 0 radical (unpaired) electrons. The maximum absolute atomic E-state index is 12.8. The summed E-state index contributed by atoms with van der Waals surface area (Å²) in [5.41, 5.74) is -0.00840. The van der Waals surface area contributed by atoms with Crippen LogP contribution in [0.2, 0.25) is 0 Å². The molecule has 1 fully saturated rings. The largest absolute Gasteiger partial charge is 0.484 e. The number of nitrogens with one attached hydrogen (secondary N) is 2. The Labute approximate surface area is 130 Å². The van der Waals surface area contributed by atoms with Gasteiger partial charge < -0.3 is 20.1 Å². The average molecular weight is 310 g/mol. The summed E-state index contributed by atoms with van der Waals surface area (Å²) in [4.78, 5) is 11.9. The highest BCUT2D eigenvalue weighted by molar-refractivity contribution is 5.77. The molecule has 0 aliphatic carbocycles. The lowest BCUT2D eigenvalue weighted by atomic mass is 9.79. The molecule has 0 saturated carbocycles. The van der Waals surface area contributed by atoms with E-state index < -0.39 is 0 Å². The SMILES string of the molecule is COCC1(CNC(=O)COc2ccc(F)cc2)CCNCC1. The zero-order chi connectivity index (χ0) is 15.8. The topological polar surface area (TPSA) is 59.6 Å². The van der Waals surface area contributed by atoms with Crippen LogP contribution >= 0.6 is 0 Å². The number of piperidine rings is 1. The van der Waals surface area contributed by atoms with Crippen molar-refractivity contribution in [2.75, 3.05) is 40.0 Å². The van der Waals surface area contributed by atoms with E-state index in [-0.39, 0.29) is 23.7 Å². The van der Waals surface area contributed by atoms with Gasteiger partial charge in [-0.25, -0.2) is 4.39 Å². The second-order valence-electron chi connectivity index (χ2n) is 5.70. The molecule has 5 nitrogen and oxygen atoms in total. The van der Waals surface area contributed by atoms with E-state index in [0.29, 0.717) is 18.9 Å². The fraction of sp³-hybridized carbons (Fsp3) is 0.562. The number of ether oxygens (including phenoxy) is 2. The number of rotatable bonds is 7. The van der Waals surface area contributed by atoms with E-state index in [2.05, 4.69) is 10.6 Å². The predicted octanol–water partition coefficient (Wildman–Crippen LogP) is 1.34. The zero-order valence-corrected chi connectivity index (χ0v) is 12.9. The Bertz CT molecular complexity index is 467. The van der Waals surface area contributed by atoms with Crippen LogP contribution in [0.15, 0.2) is 24.3 Å². The number of carbonyl (C=O) groups excluding carboxylic acids is 1. The van der Waals surface area contributed by atoms with Crippen LogP contribution in [-0.2, 0) is 9.53 Å². The highest BCUT2D eigenvalue weighted by atomic mass is 19.1. The first-order chi connectivity index (χ1) is 10.6. The Morgan fingerprint density at radius 3 is 2.64 bits per heavy atom. The third-order valence-electron chi connectivity index (χ3n) is 3.96. The number of halogens is 1. The molecule has 1 aromatic carbocycles. The first-order valence-corrected chi connectivity index (χ1v) is 7.48. The number of hydrogen-bond acceptors (Lipinski definition) is 4. The minimum Gasteiger partial charge on any atom is -0.484 e. The van der Waals surface area contributed by atoms with Crippen LogP contribution < -0.4 is 15.4 Å². The van der Waals surface area contributed by atoms with Crippen LogP contribution in [0.5, 0.6) is 5.75 Å². The molecule has 1 aliphatic heterocycles. The van der Waals surface area contributed by atoms with Crippen LogP contribution in [0.25, 0.3) is 0 Å². The fourth-order valence-electron chi connectivity index (χ4n) is 2.65. The smallest absolute Gasteiger partial charge is 0.257 e. The van der Waals surface area contributed by atoms with E-state index in [4.69, 9.17) is 9.47 Å². The lowest BCUT2D eigenvalue weighted by Gasteiger charge is -2.37. The molecule has 0 spiro atoms. The molecule has 0 bridgehead atoms. The molecule has 1 aromatic rings. The maximum Gasteiger partial charge on any atom is 0.257 e. The van der Waals surface area contributed by atoms with Gasteiger partial charge in [0, 0.05) is 19.1 Å². The molecule has 1 heterocycles. The Balaban J connectivity index is 1.77. The summed E-state index contributed by atoms with van der Waals surface area (Å²) >= 11 is 0. The molecule has 2 N–H and O–H groups in total. The minimum atomic E-state index is -0.329. The molecule has 122 valence electrons. The molecule has 1 saturated heterocycles. The summed E-state index contributed by atoms with van der Waals surface area (Å²) in [6.45, 7) is 3.01. The molecule has 0 atom stereocenters. The number of hydrogen-bond donors (Lipinski definition) is 2. The number of methoxy groups -OCH3 is 1. The van der Waals surface area contributed by atoms with Crippen molar-refractivity contribution in [3.63, 3.8) is 0 Å². The van der Waals surface area contributed by atoms with Crippen molar-refractivity contribution in [2.45, 2.75) is 12.8 Å². The number of amides is 1. The summed E-state index contributed by atoms with van der Waals surface area (Å²) in [6.07, 6.45) is 1.94. The molecule has 1 aliphatic rings. The standard InChI is InChI=1S/C16H23FN2O3/c1-21-12-16(6-8-18-9-7-16)11-19-15(20)10-22-14-4-2-13(17)3-5-14/h2-5,18H,6-12H2,1H3,(H,19,20). The van der Waals surface area contributed by atoms with Crippen LogP contribution in [0, 0.1) is 11.2 Å². The molecule has 0 aromatic heterocycles. The molecule has 1 amide bonds. The van der Waals surface area contributed by atoms with E-state index in [1.807, 2.05) is 0 Å². The van der Waals surface area contributed by atoms with E-state index in [9.17, 15) is 9.18 Å². The van der Waals surface area contributed by atoms with Gasteiger partial charge in [0.1, 0.15) is 11.6 Å². The molecule has 0 unspecified atom stereocenters. The number of benzene rings is 1. The Kier molecular flexibility index (Phi) is 6.15. The monoisotopic (exact) mass is 310 g/mol. The van der Waals surface area contributed by atoms with Crippen molar-refractivity contribution >= 4 is 5.91 Å². The van der Waals surface area contributed by atoms with Crippen LogP contribution in [0.4, 0.5) is 4.39 Å². The van der Waals surface area contributed by atoms with Gasteiger partial charge in [0.2, 0.25) is 0 Å². The van der Waals surface area contributed by atoms with Crippen molar-refractivity contribution < 1.29 is 18.7 Å². The summed E-state index contributed by atoms with van der Waals surface area (Å²) in [5.74, 6) is -0.0347. The average Bonchev–Trinajstić information content (AvgIpc) is 2.54. The summed E-state index contributed by atoms with van der Waals surface area (Å²) in [7, 11) is 1.68. The van der Waals surface area contributed by atoms with Gasteiger partial charge in [0.25, 0.3) is 5.91 Å². The Hall–Kier alpha value is -1.66. The normalized spacial score (nSPS) is 17.0. The van der Waals surface area contributed by atoms with Crippen molar-refractivity contribution in [1.82, 2.24) is 10.6 Å². The van der Waals surface area contributed by atoms with Crippen molar-refractivity contribution in [1.29, 1.82) is 0 Å². The third-order valence-corrected chi connectivity index (χ3v) is 3.96. The highest BCUT2D eigenvalue weighted by Gasteiger charge is 2.32. The summed E-state index contributed by atoms with van der Waals surface area (Å²) in [5, 5.41) is 6.23. The van der Waals surface area contributed by atoms with Gasteiger partial charge in [-0.3, -0.25) is 4.79 Å². The first kappa shape index (κ1) is 16.7. The van der Waals surface area contributed by atoms with Crippen LogP contribution in [0.3, 0.4) is 0 Å². The summed E-state index contributed by atoms with van der Waals surface area (Å²) in [6, 6.07) is 5.61. The molecule has 22 heavy (non-hydrogen) atoms. The highest BCUT2D eigenvalue weighted by Crippen LogP contribution is 2.28. The van der Waals surface area contributed by atoms with E-state index in [1.165, 1.54) is 24.3 Å². The number of carbonyl (C=O) groups is 1. The van der Waals surface area contributed by atoms with E-state index >= 15 is 0 Å². The molecule has 6 heteroatoms. The predicted molar refractivity (Wildman–Crippen MR) is 81.3 cm³/mol. The van der Waals surface area contributed by atoms with Gasteiger partial charge in [-0.1, -0.05) is 0 Å². The van der Waals surface area contributed by atoms with Crippen molar-refractivity contribution in [3.8, 4) is 5.75 Å². The van der Waals surface area contributed by atoms with Gasteiger partial charge in [0.15, 0.2) is 6.61 Å². The van der Waals surface area contributed by atoms with Crippen molar-refractivity contribution in [2.24, 2.45) is 5.41 Å². The lowest BCUT2D eigenvalue weighted by molar-refractivity contribution is -0.124. The lowest BCUT2D eigenvalue weighted by Crippen LogP contribution is -2.47. The van der Waals surface area contributed by atoms with Crippen LogP contribution in [0.1, 0.15) is 12.8 Å². The van der Waals surface area contributed by atoms with Gasteiger partial charge in [-0.2, -0.15) is 0 Å². The maximum atomic E-state index is 12.8. The second kappa shape index (κ2) is 8.10. The van der Waals surface area contributed by atoms with Gasteiger partial charge in [0.05, 0.1) is 6.61 Å².